The van der Waals surface area contributed by atoms with Gasteiger partial charge in [0.05, 0.1) is 85.9 Å². The summed E-state index contributed by atoms with van der Waals surface area (Å²) in [5, 5.41) is 13.8. The van der Waals surface area contributed by atoms with E-state index in [1.807, 2.05) is 0 Å². The van der Waals surface area contributed by atoms with Crippen LogP contribution in [0.5, 0.6) is 0 Å². The van der Waals surface area contributed by atoms with Crippen LogP contribution >= 0.6 is 0 Å². The van der Waals surface area contributed by atoms with Gasteiger partial charge in [0, 0.05) is 173 Å². The fraction of sp³-hybridized carbons (Fsp3) is 0.800. The van der Waals surface area contributed by atoms with Crippen LogP contribution in [0.25, 0.3) is 0 Å². The summed E-state index contributed by atoms with van der Waals surface area (Å²) in [5.41, 5.74) is -1.30. The highest BCUT2D eigenvalue weighted by atomic mass is 16.7. The molecule has 5 amide bonds. The number of esters is 9. The number of Topliss-reactive ketones (excluding diaryl/α,β-unsaturated/α-hetero) is 3. The van der Waals surface area contributed by atoms with Crippen LogP contribution in [0.15, 0.2) is 0 Å². The van der Waals surface area contributed by atoms with Crippen molar-refractivity contribution in [2.75, 3.05) is 139 Å². The number of nitrogens with one attached hydrogen (secondary N) is 5. The summed E-state index contributed by atoms with van der Waals surface area (Å²) in [6, 6.07) is -3.57. The Balaban J connectivity index is 1.74. The van der Waals surface area contributed by atoms with Crippen LogP contribution in [0.2, 0.25) is 0 Å². The third-order valence-electron chi connectivity index (χ3n) is 19.6. The highest BCUT2D eigenvalue weighted by Crippen LogP contribution is 2.33. The molecule has 3 rings (SSSR count). The van der Waals surface area contributed by atoms with Gasteiger partial charge in [0.25, 0.3) is 0 Å². The average molecular weight is 1850 g/mol. The number of ether oxygens (including phenoxy) is 22. The van der Waals surface area contributed by atoms with E-state index in [4.69, 9.17) is 104 Å². The molecule has 0 bridgehead atoms. The molecular formula is C85H137N5O39. The van der Waals surface area contributed by atoms with Crippen LogP contribution < -0.4 is 26.6 Å². The molecular weight excluding hydrogens is 1710 g/mol. The van der Waals surface area contributed by atoms with Gasteiger partial charge in [0.2, 0.25) is 29.5 Å². The first kappa shape index (κ1) is 114. The van der Waals surface area contributed by atoms with Gasteiger partial charge in [-0.3, -0.25) is 81.5 Å². The number of rotatable bonds is 69. The highest BCUT2D eigenvalue weighted by molar-refractivity contribution is 5.83. The maximum atomic E-state index is 14.2. The number of carbonyl (C=O) groups is 17. The van der Waals surface area contributed by atoms with Gasteiger partial charge in [-0.05, 0) is 51.4 Å². The van der Waals surface area contributed by atoms with Crippen molar-refractivity contribution < 1.29 is 186 Å². The van der Waals surface area contributed by atoms with E-state index < -0.39 is 201 Å². The van der Waals surface area contributed by atoms with Crippen molar-refractivity contribution in [3.8, 4) is 0 Å². The largest absolute Gasteiger partial charge is 0.463 e. The molecule has 3 aliphatic rings. The number of carbonyl (C=O) groups excluding carboxylic acids is 17. The SMILES string of the molecule is COCCCCCCCC(=O)CCCC(=O)NC(CCC(=O)CCCOCCOCCOC1OC(COC(C)=O)C(OC(C)=O)C(OC(C)=O)C1NC(C)=O)(CCC(=O)CCCOCCOCCOC1OC(COC(C)=O)C(OC(C)=O)C(OC(C)=O)C1NC(C)=O)CCC(=O)NCCOCCOCCOC1OC(COC(C)=O)C(OC(C)=O)C(OC(C)=O)C1NC(C)=O. The van der Waals surface area contributed by atoms with Gasteiger partial charge in [-0.2, -0.15) is 0 Å². The summed E-state index contributed by atoms with van der Waals surface area (Å²) >= 11 is 0. The van der Waals surface area contributed by atoms with Crippen LogP contribution in [-0.4, -0.2) is 337 Å². The van der Waals surface area contributed by atoms with Crippen LogP contribution in [0.4, 0.5) is 0 Å². The van der Waals surface area contributed by atoms with Gasteiger partial charge in [0.15, 0.2) is 55.5 Å². The van der Waals surface area contributed by atoms with Gasteiger partial charge in [-0.25, -0.2) is 0 Å². The van der Waals surface area contributed by atoms with Crippen LogP contribution in [0.1, 0.15) is 205 Å². The van der Waals surface area contributed by atoms with Gasteiger partial charge >= 0.3 is 53.7 Å². The Bertz CT molecular complexity index is 3170. The predicted molar refractivity (Wildman–Crippen MR) is 443 cm³/mol. The molecule has 0 aromatic carbocycles. The Hall–Kier alpha value is -8.93. The lowest BCUT2D eigenvalue weighted by Gasteiger charge is -2.44. The van der Waals surface area contributed by atoms with E-state index in [-0.39, 0.29) is 206 Å². The standard InChI is InChI=1S/C85H137N5O39/c1-53(91)87-73-79(124-62(10)100)76(121-59(7)97)68(50-118-56(4)94)127-82(73)115-47-44-112-41-38-109-35-20-24-66(104)27-30-85(90-72(107)26-19-23-65(103)22-17-15-14-16-18-34-108-13,31-28-67(105)25-21-36-110-39-42-113-45-48-116-83-74(88-54(2)92)80(125-63(11)101)77(122-60(8)98)69(128-83)51-119-57(5)95)32-29-71(106)86-33-37-111-40-43-114-46-49-117-84-75(89-55(3)93)81(126-64(12)102)78(123-61(9)99)70(129-84)52-120-58(6)96/h68-70,73-84H,14-52H2,1-13H3,(H,86,106)(H,87,91)(H,88,92)(H,89,93)(H,90,107). The predicted octanol–water partition coefficient (Wildman–Crippen LogP) is 1.84. The molecule has 5 N–H and O–H groups in total. The van der Waals surface area contributed by atoms with Crippen molar-refractivity contribution in [1.82, 2.24) is 26.6 Å². The molecule has 0 aromatic heterocycles. The molecule has 0 saturated carbocycles. The van der Waals surface area contributed by atoms with Crippen LogP contribution in [0.3, 0.4) is 0 Å². The number of unbranched alkanes of at least 4 members (excludes halogenated alkanes) is 4. The number of hydrogen-bond donors (Lipinski definition) is 5. The third kappa shape index (κ3) is 50.9. The van der Waals surface area contributed by atoms with Crippen molar-refractivity contribution in [2.24, 2.45) is 0 Å². The van der Waals surface area contributed by atoms with Crippen molar-refractivity contribution in [3.05, 3.63) is 0 Å². The van der Waals surface area contributed by atoms with E-state index in [1.165, 1.54) is 20.8 Å². The zero-order chi connectivity index (χ0) is 95.6. The fourth-order valence-corrected chi connectivity index (χ4v) is 14.0. The molecule has 0 aromatic rings. The zero-order valence-corrected chi connectivity index (χ0v) is 76.7. The molecule has 3 fully saturated rings. The Kier molecular flexibility index (Phi) is 58.1. The minimum atomic E-state index is -1.33. The molecule has 3 aliphatic heterocycles. The molecule has 0 spiro atoms. The smallest absolute Gasteiger partial charge is 0.303 e. The lowest BCUT2D eigenvalue weighted by Crippen LogP contribution is -2.66. The summed E-state index contributed by atoms with van der Waals surface area (Å²) in [4.78, 5) is 215. The molecule has 0 radical (unpaired) electrons. The monoisotopic (exact) mass is 1850 g/mol. The topological polar surface area (TPSA) is 553 Å². The number of methoxy groups -OCH3 is 1. The first-order valence-corrected chi connectivity index (χ1v) is 43.6. The Morgan fingerprint density at radius 3 is 0.915 bits per heavy atom. The minimum Gasteiger partial charge on any atom is -0.463 e. The molecule has 3 saturated heterocycles. The molecule has 44 heteroatoms. The summed E-state index contributed by atoms with van der Waals surface area (Å²) in [6.07, 6.45) is -10.1. The summed E-state index contributed by atoms with van der Waals surface area (Å²) < 4.78 is 124. The molecule has 15 unspecified atom stereocenters. The second-order valence-corrected chi connectivity index (χ2v) is 30.8. The van der Waals surface area contributed by atoms with E-state index in [0.29, 0.717) is 19.4 Å². The molecule has 0 aliphatic carbocycles. The van der Waals surface area contributed by atoms with Crippen molar-refractivity contribution in [1.29, 1.82) is 0 Å². The molecule has 44 nitrogen and oxygen atoms in total. The fourth-order valence-electron chi connectivity index (χ4n) is 14.0. The minimum absolute atomic E-state index is 0.00189. The quantitative estimate of drug-likeness (QED) is 0.0329. The number of ketones is 3. The summed E-state index contributed by atoms with van der Waals surface area (Å²) in [6.45, 7) is 13.3. The maximum Gasteiger partial charge on any atom is 0.303 e. The molecule has 15 atom stereocenters. The molecule has 736 valence electrons. The third-order valence-corrected chi connectivity index (χ3v) is 19.6. The summed E-state index contributed by atoms with van der Waals surface area (Å²) in [7, 11) is 1.64. The molecule has 3 heterocycles. The first-order valence-electron chi connectivity index (χ1n) is 43.6. The number of hydrogen-bond acceptors (Lipinski definition) is 39. The second-order valence-electron chi connectivity index (χ2n) is 30.8. The average Bonchev–Trinajstić information content (AvgIpc) is 0.794. The van der Waals surface area contributed by atoms with Crippen molar-refractivity contribution >= 4 is 101 Å². The van der Waals surface area contributed by atoms with Gasteiger partial charge in [-0.15, -0.1) is 0 Å². The van der Waals surface area contributed by atoms with E-state index in [9.17, 15) is 81.5 Å². The second kappa shape index (κ2) is 65.6. The zero-order valence-electron chi connectivity index (χ0n) is 76.7. The van der Waals surface area contributed by atoms with E-state index in [1.54, 1.807) is 7.11 Å². The number of amides is 5. The lowest BCUT2D eigenvalue weighted by atomic mass is 9.81. The van der Waals surface area contributed by atoms with E-state index in [0.717, 1.165) is 88.0 Å². The van der Waals surface area contributed by atoms with E-state index in [2.05, 4.69) is 26.6 Å². The van der Waals surface area contributed by atoms with Crippen molar-refractivity contribution in [3.63, 3.8) is 0 Å². The first-order chi connectivity index (χ1) is 61.4. The molecule has 129 heavy (non-hydrogen) atoms. The van der Waals surface area contributed by atoms with E-state index >= 15 is 0 Å². The maximum absolute atomic E-state index is 14.2. The van der Waals surface area contributed by atoms with Crippen LogP contribution in [-0.2, 0) is 186 Å². The normalized spacial score (nSPS) is 22.2. The van der Waals surface area contributed by atoms with Gasteiger partial charge < -0.3 is 131 Å². The van der Waals surface area contributed by atoms with Gasteiger partial charge in [0.1, 0.15) is 73.6 Å². The Morgan fingerprint density at radius 2 is 0.574 bits per heavy atom. The van der Waals surface area contributed by atoms with Crippen LogP contribution in [0, 0.1) is 0 Å². The Labute approximate surface area is 751 Å². The summed E-state index contributed by atoms with van der Waals surface area (Å²) in [5.74, 6) is -9.69. The van der Waals surface area contributed by atoms with Gasteiger partial charge in [-0.1, -0.05) is 19.3 Å². The highest BCUT2D eigenvalue weighted by Gasteiger charge is 2.55. The Morgan fingerprint density at radius 1 is 0.279 bits per heavy atom. The van der Waals surface area contributed by atoms with Crippen molar-refractivity contribution in [2.45, 2.75) is 303 Å². The lowest BCUT2D eigenvalue weighted by molar-refractivity contribution is -0.279.